The summed E-state index contributed by atoms with van der Waals surface area (Å²) in [5.74, 6) is 2.62. The van der Waals surface area contributed by atoms with E-state index in [4.69, 9.17) is 9.15 Å². The van der Waals surface area contributed by atoms with Crippen LogP contribution in [-0.4, -0.2) is 57.7 Å². The molecule has 0 aromatic carbocycles. The Balaban J connectivity index is 1.56. The number of rotatable bonds is 5. The molecule has 2 N–H and O–H groups in total. The number of anilines is 1. The lowest BCUT2D eigenvalue weighted by atomic mass is 10.1. The molecular formula is C16H20N6O2. The Morgan fingerprint density at radius 2 is 2.12 bits per heavy atom. The molecule has 0 spiro atoms. The molecule has 8 nitrogen and oxygen atoms in total. The molecule has 0 unspecified atom stereocenters. The molecule has 1 atom stereocenters. The molecule has 3 aromatic heterocycles. The van der Waals surface area contributed by atoms with Crippen LogP contribution in [0.15, 0.2) is 29.2 Å². The monoisotopic (exact) mass is 328 g/mol. The van der Waals surface area contributed by atoms with Gasteiger partial charge < -0.3 is 19.5 Å². The number of aromatic nitrogens is 4. The number of ether oxygens (including phenoxy) is 1. The zero-order chi connectivity index (χ0) is 16.4. The molecule has 126 valence electrons. The first-order chi connectivity index (χ1) is 11.8. The Morgan fingerprint density at radius 3 is 2.92 bits per heavy atom. The summed E-state index contributed by atoms with van der Waals surface area (Å²) in [7, 11) is 0. The SMILES string of the molecule is Cc1ccc([C@H](CNc2ncnc3nc[nH]c23)N2CCOCC2)o1. The number of fused-ring (bicyclic) bond motifs is 1. The van der Waals surface area contributed by atoms with Crippen LogP contribution in [-0.2, 0) is 4.74 Å². The van der Waals surface area contributed by atoms with Gasteiger partial charge in [0.25, 0.3) is 0 Å². The van der Waals surface area contributed by atoms with Gasteiger partial charge in [-0.25, -0.2) is 15.0 Å². The largest absolute Gasteiger partial charge is 0.465 e. The highest BCUT2D eigenvalue weighted by molar-refractivity contribution is 5.81. The Kier molecular flexibility index (Phi) is 4.14. The smallest absolute Gasteiger partial charge is 0.182 e. The van der Waals surface area contributed by atoms with Gasteiger partial charge >= 0.3 is 0 Å². The van der Waals surface area contributed by atoms with Crippen molar-refractivity contribution in [2.24, 2.45) is 0 Å². The van der Waals surface area contributed by atoms with E-state index in [2.05, 4.69) is 30.2 Å². The van der Waals surface area contributed by atoms with Gasteiger partial charge in [0.05, 0.1) is 25.6 Å². The number of H-pyrrole nitrogens is 1. The van der Waals surface area contributed by atoms with Crippen LogP contribution in [0.5, 0.6) is 0 Å². The van der Waals surface area contributed by atoms with Gasteiger partial charge in [0.15, 0.2) is 11.5 Å². The molecule has 4 heterocycles. The molecule has 0 amide bonds. The predicted molar refractivity (Wildman–Crippen MR) is 88.8 cm³/mol. The first kappa shape index (κ1) is 15.1. The third-order valence-corrected chi connectivity index (χ3v) is 4.26. The number of hydrogen-bond donors (Lipinski definition) is 2. The summed E-state index contributed by atoms with van der Waals surface area (Å²) < 4.78 is 11.4. The average Bonchev–Trinajstić information content (AvgIpc) is 3.25. The Labute approximate surface area is 139 Å². The van der Waals surface area contributed by atoms with Gasteiger partial charge in [0, 0.05) is 19.6 Å². The Hall–Kier alpha value is -2.45. The standard InChI is InChI=1S/C16H20N6O2/c1-11-2-3-13(24-11)12(22-4-6-23-7-5-22)8-17-15-14-16(19-9-18-14)21-10-20-15/h2-3,9-10,12H,4-8H2,1H3,(H2,17,18,19,20,21)/t12-/m0/s1. The minimum absolute atomic E-state index is 0.121. The maximum Gasteiger partial charge on any atom is 0.182 e. The van der Waals surface area contributed by atoms with E-state index in [1.165, 1.54) is 6.33 Å². The fraction of sp³-hybridized carbons (Fsp3) is 0.438. The quantitative estimate of drug-likeness (QED) is 0.737. The van der Waals surface area contributed by atoms with Gasteiger partial charge in [-0.15, -0.1) is 0 Å². The minimum Gasteiger partial charge on any atom is -0.465 e. The fourth-order valence-corrected chi connectivity index (χ4v) is 3.02. The normalized spacial score (nSPS) is 17.2. The van der Waals surface area contributed by atoms with Gasteiger partial charge in [-0.3, -0.25) is 4.90 Å². The second-order valence-electron chi connectivity index (χ2n) is 5.82. The Morgan fingerprint density at radius 1 is 1.25 bits per heavy atom. The molecule has 1 fully saturated rings. The second-order valence-corrected chi connectivity index (χ2v) is 5.82. The highest BCUT2D eigenvalue weighted by Crippen LogP contribution is 2.25. The molecule has 1 saturated heterocycles. The molecule has 0 aliphatic carbocycles. The third kappa shape index (κ3) is 2.98. The van der Waals surface area contributed by atoms with Crippen molar-refractivity contribution in [3.63, 3.8) is 0 Å². The van der Waals surface area contributed by atoms with E-state index in [1.54, 1.807) is 6.33 Å². The van der Waals surface area contributed by atoms with Crippen LogP contribution in [0.1, 0.15) is 17.6 Å². The number of nitrogens with zero attached hydrogens (tertiary/aromatic N) is 4. The topological polar surface area (TPSA) is 92.1 Å². The van der Waals surface area contributed by atoms with Crippen LogP contribution in [0.25, 0.3) is 11.2 Å². The summed E-state index contributed by atoms with van der Waals surface area (Å²) in [6.45, 7) is 5.90. The van der Waals surface area contributed by atoms with E-state index < -0.39 is 0 Å². The van der Waals surface area contributed by atoms with Crippen molar-refractivity contribution in [3.8, 4) is 0 Å². The number of aryl methyl sites for hydroxylation is 1. The number of nitrogens with one attached hydrogen (secondary N) is 2. The van der Waals surface area contributed by atoms with E-state index in [0.717, 1.165) is 49.2 Å². The van der Waals surface area contributed by atoms with Gasteiger partial charge in [0.2, 0.25) is 0 Å². The Bertz CT molecular complexity index is 808. The maximum absolute atomic E-state index is 5.88. The van der Waals surface area contributed by atoms with Crippen molar-refractivity contribution in [2.45, 2.75) is 13.0 Å². The van der Waals surface area contributed by atoms with Crippen molar-refractivity contribution in [2.75, 3.05) is 38.2 Å². The zero-order valence-electron chi connectivity index (χ0n) is 13.5. The summed E-state index contributed by atoms with van der Waals surface area (Å²) in [5.41, 5.74) is 1.47. The number of furan rings is 1. The molecule has 24 heavy (non-hydrogen) atoms. The summed E-state index contributed by atoms with van der Waals surface area (Å²) in [4.78, 5) is 18.1. The highest BCUT2D eigenvalue weighted by atomic mass is 16.5. The van der Waals surface area contributed by atoms with E-state index in [-0.39, 0.29) is 6.04 Å². The summed E-state index contributed by atoms with van der Waals surface area (Å²) in [6, 6.07) is 4.17. The summed E-state index contributed by atoms with van der Waals surface area (Å²) in [6.07, 6.45) is 3.15. The molecule has 1 aliphatic rings. The molecule has 3 aromatic rings. The number of aromatic amines is 1. The minimum atomic E-state index is 0.121. The van der Waals surface area contributed by atoms with Gasteiger partial charge in [0.1, 0.15) is 23.4 Å². The third-order valence-electron chi connectivity index (χ3n) is 4.26. The number of morpholine rings is 1. The van der Waals surface area contributed by atoms with Crippen molar-refractivity contribution < 1.29 is 9.15 Å². The second kappa shape index (κ2) is 6.58. The lowest BCUT2D eigenvalue weighted by Crippen LogP contribution is -2.41. The molecule has 0 bridgehead atoms. The van der Waals surface area contributed by atoms with E-state index in [1.807, 2.05) is 19.1 Å². The van der Waals surface area contributed by atoms with E-state index in [0.29, 0.717) is 12.2 Å². The van der Waals surface area contributed by atoms with Crippen LogP contribution in [0, 0.1) is 6.92 Å². The van der Waals surface area contributed by atoms with Crippen LogP contribution in [0.2, 0.25) is 0 Å². The van der Waals surface area contributed by atoms with Crippen molar-refractivity contribution >= 4 is 17.0 Å². The lowest BCUT2D eigenvalue weighted by Gasteiger charge is -2.33. The number of imidazole rings is 1. The fourth-order valence-electron chi connectivity index (χ4n) is 3.02. The van der Waals surface area contributed by atoms with Crippen molar-refractivity contribution in [1.82, 2.24) is 24.8 Å². The molecule has 8 heteroatoms. The molecule has 0 radical (unpaired) electrons. The predicted octanol–water partition coefficient (Wildman–Crippen LogP) is 1.74. The van der Waals surface area contributed by atoms with Crippen LogP contribution in [0.4, 0.5) is 5.82 Å². The lowest BCUT2D eigenvalue weighted by molar-refractivity contribution is 0.0143. The summed E-state index contributed by atoms with van der Waals surface area (Å²) >= 11 is 0. The van der Waals surface area contributed by atoms with E-state index >= 15 is 0 Å². The van der Waals surface area contributed by atoms with Crippen LogP contribution < -0.4 is 5.32 Å². The maximum atomic E-state index is 5.88. The van der Waals surface area contributed by atoms with Gasteiger partial charge in [-0.05, 0) is 19.1 Å². The first-order valence-electron chi connectivity index (χ1n) is 8.07. The summed E-state index contributed by atoms with van der Waals surface area (Å²) in [5, 5.41) is 3.41. The van der Waals surface area contributed by atoms with Crippen molar-refractivity contribution in [3.05, 3.63) is 36.3 Å². The molecule has 1 aliphatic heterocycles. The van der Waals surface area contributed by atoms with Crippen LogP contribution >= 0.6 is 0 Å². The first-order valence-corrected chi connectivity index (χ1v) is 8.07. The highest BCUT2D eigenvalue weighted by Gasteiger charge is 2.25. The van der Waals surface area contributed by atoms with E-state index in [9.17, 15) is 0 Å². The van der Waals surface area contributed by atoms with Gasteiger partial charge in [-0.2, -0.15) is 0 Å². The van der Waals surface area contributed by atoms with Gasteiger partial charge in [-0.1, -0.05) is 0 Å². The molecule has 0 saturated carbocycles. The van der Waals surface area contributed by atoms with Crippen molar-refractivity contribution in [1.29, 1.82) is 0 Å². The average molecular weight is 328 g/mol. The zero-order valence-corrected chi connectivity index (χ0v) is 13.5. The molecule has 4 rings (SSSR count). The van der Waals surface area contributed by atoms with Crippen LogP contribution in [0.3, 0.4) is 0 Å². The number of hydrogen-bond acceptors (Lipinski definition) is 7. The molecular weight excluding hydrogens is 308 g/mol.